The number of hydrogen-bond acceptors (Lipinski definition) is 7. The van der Waals surface area contributed by atoms with Gasteiger partial charge in [0.1, 0.15) is 16.4 Å². The summed E-state index contributed by atoms with van der Waals surface area (Å²) in [7, 11) is 0. The maximum atomic E-state index is 13.8. The Morgan fingerprint density at radius 3 is 2.36 bits per heavy atom. The van der Waals surface area contributed by atoms with Crippen LogP contribution in [0.2, 0.25) is 0 Å². The molecule has 0 spiro atoms. The van der Waals surface area contributed by atoms with E-state index in [0.717, 1.165) is 11.5 Å². The lowest BCUT2D eigenvalue weighted by atomic mass is 10.0. The van der Waals surface area contributed by atoms with Crippen molar-refractivity contribution in [3.8, 4) is 0 Å². The number of nitrogen functional groups attached to an aromatic ring is 1. The number of carbonyl (C=O) groups is 3. The molecule has 3 rings (SSSR count). The van der Waals surface area contributed by atoms with Crippen molar-refractivity contribution in [2.75, 3.05) is 10.6 Å². The van der Waals surface area contributed by atoms with Crippen molar-refractivity contribution in [1.29, 1.82) is 0 Å². The van der Waals surface area contributed by atoms with Gasteiger partial charge in [0, 0.05) is 11.2 Å². The number of anilines is 2. The summed E-state index contributed by atoms with van der Waals surface area (Å²) in [4.78, 5) is 40.3. The molecule has 1 aromatic carbocycles. The van der Waals surface area contributed by atoms with Gasteiger partial charge in [-0.25, -0.2) is 0 Å². The lowest BCUT2D eigenvalue weighted by molar-refractivity contribution is -0.124. The molecule has 0 bridgehead atoms. The van der Waals surface area contributed by atoms with Crippen LogP contribution in [-0.4, -0.2) is 27.6 Å². The number of aryl methyl sites for hydroxylation is 1. The Balaban J connectivity index is 2.18. The zero-order valence-corrected chi connectivity index (χ0v) is 19.7. The van der Waals surface area contributed by atoms with Crippen molar-refractivity contribution in [3.63, 3.8) is 0 Å². The summed E-state index contributed by atoms with van der Waals surface area (Å²) in [6.07, 6.45) is 0.672. The van der Waals surface area contributed by atoms with Crippen molar-refractivity contribution < 1.29 is 18.8 Å². The van der Waals surface area contributed by atoms with E-state index < -0.39 is 29.3 Å². The van der Waals surface area contributed by atoms with Crippen LogP contribution in [0.4, 0.5) is 11.4 Å². The topological polar surface area (TPSA) is 145 Å². The van der Waals surface area contributed by atoms with Crippen molar-refractivity contribution in [1.82, 2.24) is 9.69 Å². The number of nitrogens with zero attached hydrogens (tertiary/aromatic N) is 2. The third kappa shape index (κ3) is 5.06. The molecule has 1 unspecified atom stereocenters. The molecule has 33 heavy (non-hydrogen) atoms. The van der Waals surface area contributed by atoms with E-state index in [-0.39, 0.29) is 22.0 Å². The SMILES string of the molecule is CCC(C)(C)NC(=O)C(c1ccc(C)o1)N(C(=O)c1snc(C(N)=O)c1N)c1ccccc1. The summed E-state index contributed by atoms with van der Waals surface area (Å²) in [6.45, 7) is 7.49. The van der Waals surface area contributed by atoms with E-state index in [1.165, 1.54) is 4.90 Å². The van der Waals surface area contributed by atoms with Crippen LogP contribution in [0.3, 0.4) is 0 Å². The van der Waals surface area contributed by atoms with Crippen molar-refractivity contribution in [2.24, 2.45) is 5.73 Å². The smallest absolute Gasteiger partial charge is 0.273 e. The molecule has 0 aliphatic carbocycles. The number of primary amides is 1. The summed E-state index contributed by atoms with van der Waals surface area (Å²) in [5.41, 5.74) is 11.0. The van der Waals surface area contributed by atoms with Gasteiger partial charge in [0.25, 0.3) is 17.7 Å². The minimum Gasteiger partial charge on any atom is -0.464 e. The molecular weight excluding hydrogens is 442 g/mol. The Kier molecular flexibility index (Phi) is 6.87. The van der Waals surface area contributed by atoms with E-state index >= 15 is 0 Å². The largest absolute Gasteiger partial charge is 0.464 e. The fourth-order valence-electron chi connectivity index (χ4n) is 3.18. The summed E-state index contributed by atoms with van der Waals surface area (Å²) >= 11 is 0.753. The second kappa shape index (κ2) is 9.45. The second-order valence-electron chi connectivity index (χ2n) is 8.23. The molecule has 10 heteroatoms. The van der Waals surface area contributed by atoms with Gasteiger partial charge in [0.05, 0.1) is 5.69 Å². The Morgan fingerprint density at radius 2 is 1.85 bits per heavy atom. The zero-order valence-electron chi connectivity index (χ0n) is 18.9. The van der Waals surface area contributed by atoms with Gasteiger partial charge in [-0.2, -0.15) is 4.37 Å². The molecule has 1 atom stereocenters. The molecule has 0 radical (unpaired) electrons. The first-order valence-corrected chi connectivity index (χ1v) is 11.1. The number of aromatic nitrogens is 1. The monoisotopic (exact) mass is 469 g/mol. The van der Waals surface area contributed by atoms with Crippen LogP contribution in [0.1, 0.15) is 64.9 Å². The van der Waals surface area contributed by atoms with Crippen LogP contribution < -0.4 is 21.7 Å². The molecule has 2 aromatic heterocycles. The molecule has 0 aliphatic rings. The maximum absolute atomic E-state index is 13.8. The van der Waals surface area contributed by atoms with Crippen LogP contribution in [0, 0.1) is 6.92 Å². The first-order valence-electron chi connectivity index (χ1n) is 10.4. The third-order valence-electron chi connectivity index (χ3n) is 5.29. The van der Waals surface area contributed by atoms with E-state index in [1.54, 1.807) is 49.4 Å². The zero-order chi connectivity index (χ0) is 24.3. The molecule has 2 heterocycles. The quantitative estimate of drug-likeness (QED) is 0.461. The molecular formula is C23H27N5O4S. The lowest BCUT2D eigenvalue weighted by Gasteiger charge is -2.33. The highest BCUT2D eigenvalue weighted by molar-refractivity contribution is 7.09. The van der Waals surface area contributed by atoms with E-state index in [0.29, 0.717) is 17.9 Å². The highest BCUT2D eigenvalue weighted by Gasteiger charge is 2.39. The number of furan rings is 1. The average Bonchev–Trinajstić information content (AvgIpc) is 3.37. The van der Waals surface area contributed by atoms with Gasteiger partial charge < -0.3 is 21.2 Å². The molecule has 9 nitrogen and oxygen atoms in total. The molecule has 3 aromatic rings. The van der Waals surface area contributed by atoms with Gasteiger partial charge in [-0.05, 0) is 63.0 Å². The predicted molar refractivity (Wildman–Crippen MR) is 127 cm³/mol. The van der Waals surface area contributed by atoms with Gasteiger partial charge in [0.2, 0.25) is 0 Å². The van der Waals surface area contributed by atoms with E-state index in [1.807, 2.05) is 20.8 Å². The highest BCUT2D eigenvalue weighted by atomic mass is 32.1. The number of benzene rings is 1. The Hall–Kier alpha value is -3.66. The maximum Gasteiger partial charge on any atom is 0.273 e. The van der Waals surface area contributed by atoms with E-state index in [9.17, 15) is 14.4 Å². The number of para-hydroxylation sites is 1. The second-order valence-corrected chi connectivity index (χ2v) is 9.00. The van der Waals surface area contributed by atoms with Gasteiger partial charge in [-0.15, -0.1) is 0 Å². The molecule has 0 saturated carbocycles. The van der Waals surface area contributed by atoms with Crippen molar-refractivity contribution in [2.45, 2.75) is 45.7 Å². The Morgan fingerprint density at radius 1 is 1.18 bits per heavy atom. The van der Waals surface area contributed by atoms with Crippen LogP contribution in [0.15, 0.2) is 46.9 Å². The van der Waals surface area contributed by atoms with Gasteiger partial charge in [0.15, 0.2) is 11.7 Å². The fourth-order valence-corrected chi connectivity index (χ4v) is 3.92. The molecule has 0 aliphatic heterocycles. The van der Waals surface area contributed by atoms with Gasteiger partial charge in [-0.1, -0.05) is 25.1 Å². The molecule has 5 N–H and O–H groups in total. The lowest BCUT2D eigenvalue weighted by Crippen LogP contribution is -2.50. The van der Waals surface area contributed by atoms with Crippen LogP contribution in [-0.2, 0) is 4.79 Å². The first kappa shape index (κ1) is 24.0. The van der Waals surface area contributed by atoms with Crippen LogP contribution >= 0.6 is 11.5 Å². The first-order chi connectivity index (χ1) is 15.6. The predicted octanol–water partition coefficient (Wildman–Crippen LogP) is 3.42. The summed E-state index contributed by atoms with van der Waals surface area (Å²) in [5.74, 6) is -0.993. The van der Waals surface area contributed by atoms with E-state index in [4.69, 9.17) is 15.9 Å². The van der Waals surface area contributed by atoms with Crippen LogP contribution in [0.5, 0.6) is 0 Å². The molecule has 0 saturated heterocycles. The van der Waals surface area contributed by atoms with Crippen LogP contribution in [0.25, 0.3) is 0 Å². The summed E-state index contributed by atoms with van der Waals surface area (Å²) < 4.78 is 9.74. The number of nitrogens with one attached hydrogen (secondary N) is 1. The standard InChI is InChI=1S/C23H27N5O4S/c1-5-23(3,4)26-21(30)18(15-12-11-13(2)32-15)28(14-9-7-6-8-10-14)22(31)19-16(24)17(20(25)29)27-33-19/h6-12,18H,5,24H2,1-4H3,(H2,25,29)(H,26,30). The highest BCUT2D eigenvalue weighted by Crippen LogP contribution is 2.34. The molecule has 3 amide bonds. The Labute approximate surface area is 195 Å². The van der Waals surface area contributed by atoms with Gasteiger partial charge in [-0.3, -0.25) is 19.3 Å². The number of amides is 3. The number of nitrogens with two attached hydrogens (primary N) is 2. The average molecular weight is 470 g/mol. The van der Waals surface area contributed by atoms with E-state index in [2.05, 4.69) is 9.69 Å². The van der Waals surface area contributed by atoms with Crippen molar-refractivity contribution >= 4 is 40.6 Å². The van der Waals surface area contributed by atoms with Gasteiger partial charge >= 0.3 is 0 Å². The van der Waals surface area contributed by atoms with Crippen molar-refractivity contribution in [3.05, 3.63) is 64.6 Å². The number of carbonyl (C=O) groups excluding carboxylic acids is 3. The normalized spacial score (nSPS) is 12.2. The number of hydrogen-bond donors (Lipinski definition) is 3. The fraction of sp³-hybridized carbons (Fsp3) is 0.304. The number of rotatable bonds is 8. The Bertz CT molecular complexity index is 1170. The summed E-state index contributed by atoms with van der Waals surface area (Å²) in [5, 5.41) is 3.00. The molecule has 174 valence electrons. The minimum absolute atomic E-state index is 0.00322. The minimum atomic E-state index is -1.14. The summed E-state index contributed by atoms with van der Waals surface area (Å²) in [6, 6.07) is 10.9. The molecule has 0 fully saturated rings. The third-order valence-corrected chi connectivity index (χ3v) is 6.14.